The minimum Gasteiger partial charge on any atom is -0.331 e. The molecule has 0 saturated carbocycles. The van der Waals surface area contributed by atoms with Crippen LogP contribution in [0.2, 0.25) is 0 Å². The molecule has 1 aromatic heterocycles. The van der Waals surface area contributed by atoms with Gasteiger partial charge in [-0.15, -0.1) is 0 Å². The zero-order chi connectivity index (χ0) is 11.9. The first kappa shape index (κ1) is 11.0. The molecule has 0 radical (unpaired) electrons. The van der Waals surface area contributed by atoms with Gasteiger partial charge in [0.05, 0.1) is 10.9 Å². The minimum atomic E-state index is -0.341. The van der Waals surface area contributed by atoms with Gasteiger partial charge in [0.1, 0.15) is 5.82 Å². The van der Waals surface area contributed by atoms with E-state index in [1.165, 1.54) is 16.7 Å². The quantitative estimate of drug-likeness (QED) is 0.775. The summed E-state index contributed by atoms with van der Waals surface area (Å²) in [5.74, 6) is -0.341. The Kier molecular flexibility index (Phi) is 2.63. The summed E-state index contributed by atoms with van der Waals surface area (Å²) in [5.41, 5.74) is 0.730. The van der Waals surface area contributed by atoms with Gasteiger partial charge in [-0.1, -0.05) is 0 Å². The summed E-state index contributed by atoms with van der Waals surface area (Å²) >= 11 is 5.05. The average molecular weight is 238 g/mol. The van der Waals surface area contributed by atoms with E-state index in [4.69, 9.17) is 12.2 Å². The molecule has 5 heteroatoms. The van der Waals surface area contributed by atoms with Gasteiger partial charge >= 0.3 is 0 Å². The molecular weight excluding hydrogens is 227 g/mol. The van der Waals surface area contributed by atoms with Crippen LogP contribution in [-0.4, -0.2) is 9.55 Å². The van der Waals surface area contributed by atoms with Gasteiger partial charge in [0.25, 0.3) is 5.56 Å². The molecule has 3 nitrogen and oxygen atoms in total. The maximum atomic E-state index is 13.3. The van der Waals surface area contributed by atoms with Gasteiger partial charge in [-0.2, -0.15) is 0 Å². The SMILES string of the molecule is CCn1c(=S)[nH]c2c(C)c(F)ccc2c1=O. The first-order valence-corrected chi connectivity index (χ1v) is 5.39. The van der Waals surface area contributed by atoms with Crippen LogP contribution in [0, 0.1) is 17.5 Å². The van der Waals surface area contributed by atoms with Crippen molar-refractivity contribution in [3.8, 4) is 0 Å². The first-order chi connectivity index (χ1) is 7.56. The second-order valence-corrected chi connectivity index (χ2v) is 3.96. The molecule has 84 valence electrons. The van der Waals surface area contributed by atoms with Gasteiger partial charge in [0.15, 0.2) is 4.77 Å². The number of rotatable bonds is 1. The number of nitrogens with one attached hydrogen (secondary N) is 1. The predicted molar refractivity (Wildman–Crippen MR) is 63.8 cm³/mol. The van der Waals surface area contributed by atoms with Crippen LogP contribution < -0.4 is 5.56 Å². The van der Waals surface area contributed by atoms with Crippen LogP contribution in [0.1, 0.15) is 12.5 Å². The van der Waals surface area contributed by atoms with Gasteiger partial charge in [0, 0.05) is 12.1 Å². The van der Waals surface area contributed by atoms with Crippen LogP contribution in [0.3, 0.4) is 0 Å². The number of hydrogen-bond acceptors (Lipinski definition) is 2. The number of H-pyrrole nitrogens is 1. The number of fused-ring (bicyclic) bond motifs is 1. The highest BCUT2D eigenvalue weighted by atomic mass is 32.1. The largest absolute Gasteiger partial charge is 0.331 e. The first-order valence-electron chi connectivity index (χ1n) is 4.98. The summed E-state index contributed by atoms with van der Waals surface area (Å²) in [4.78, 5) is 14.9. The van der Waals surface area contributed by atoms with Crippen LogP contribution in [0.15, 0.2) is 16.9 Å². The minimum absolute atomic E-state index is 0.177. The summed E-state index contributed by atoms with van der Waals surface area (Å²) in [6.45, 7) is 3.96. The van der Waals surface area contributed by atoms with Crippen molar-refractivity contribution in [1.29, 1.82) is 0 Å². The molecule has 0 bridgehead atoms. The molecule has 0 unspecified atom stereocenters. The average Bonchev–Trinajstić information content (AvgIpc) is 2.25. The molecule has 0 spiro atoms. The molecule has 0 aliphatic rings. The second kappa shape index (κ2) is 3.83. The fourth-order valence-electron chi connectivity index (χ4n) is 1.72. The lowest BCUT2D eigenvalue weighted by atomic mass is 10.1. The Balaban J connectivity index is 3.05. The predicted octanol–water partition coefficient (Wildman–Crippen LogP) is 2.53. The molecule has 0 amide bonds. The lowest BCUT2D eigenvalue weighted by Crippen LogP contribution is -2.21. The Morgan fingerprint density at radius 3 is 2.81 bits per heavy atom. The van der Waals surface area contributed by atoms with Crippen LogP contribution in [0.4, 0.5) is 4.39 Å². The number of aromatic amines is 1. The molecule has 16 heavy (non-hydrogen) atoms. The van der Waals surface area contributed by atoms with E-state index in [2.05, 4.69) is 4.98 Å². The summed E-state index contributed by atoms with van der Waals surface area (Å²) < 4.78 is 15.1. The number of nitrogens with zero attached hydrogens (tertiary/aromatic N) is 1. The molecular formula is C11H11FN2OS. The van der Waals surface area contributed by atoms with E-state index in [9.17, 15) is 9.18 Å². The standard InChI is InChI=1S/C11H11FN2OS/c1-3-14-10(15)7-4-5-8(12)6(2)9(7)13-11(14)16/h4-5H,3H2,1-2H3,(H,13,16). The van der Waals surface area contributed by atoms with Crippen molar-refractivity contribution in [3.63, 3.8) is 0 Å². The normalized spacial score (nSPS) is 10.9. The molecule has 1 heterocycles. The summed E-state index contributed by atoms with van der Waals surface area (Å²) in [6.07, 6.45) is 0. The van der Waals surface area contributed by atoms with E-state index in [0.29, 0.717) is 27.8 Å². The fourth-order valence-corrected chi connectivity index (χ4v) is 2.04. The monoisotopic (exact) mass is 238 g/mol. The van der Waals surface area contributed by atoms with Gasteiger partial charge in [-0.05, 0) is 38.2 Å². The molecule has 1 N–H and O–H groups in total. The van der Waals surface area contributed by atoms with Crippen molar-refractivity contribution in [2.45, 2.75) is 20.4 Å². The molecule has 0 fully saturated rings. The van der Waals surface area contributed by atoms with E-state index in [1.54, 1.807) is 6.92 Å². The fraction of sp³-hybridized carbons (Fsp3) is 0.273. The summed E-state index contributed by atoms with van der Waals surface area (Å²) in [7, 11) is 0. The highest BCUT2D eigenvalue weighted by Crippen LogP contribution is 2.15. The Morgan fingerprint density at radius 2 is 2.19 bits per heavy atom. The Bertz CT molecular complexity index is 672. The van der Waals surface area contributed by atoms with Crippen LogP contribution in [0.25, 0.3) is 10.9 Å². The maximum absolute atomic E-state index is 13.3. The van der Waals surface area contributed by atoms with Gasteiger partial charge in [-0.25, -0.2) is 4.39 Å². The lowest BCUT2D eigenvalue weighted by molar-refractivity contribution is 0.619. The Hall–Kier alpha value is -1.49. The van der Waals surface area contributed by atoms with E-state index in [1.807, 2.05) is 6.92 Å². The molecule has 1 aromatic carbocycles. The lowest BCUT2D eigenvalue weighted by Gasteiger charge is -2.07. The molecule has 0 aliphatic carbocycles. The summed E-state index contributed by atoms with van der Waals surface area (Å²) in [6, 6.07) is 2.79. The topological polar surface area (TPSA) is 37.8 Å². The van der Waals surface area contributed by atoms with Crippen molar-refractivity contribution < 1.29 is 4.39 Å². The van der Waals surface area contributed by atoms with Crippen LogP contribution >= 0.6 is 12.2 Å². The Morgan fingerprint density at radius 1 is 1.50 bits per heavy atom. The van der Waals surface area contributed by atoms with Crippen molar-refractivity contribution in [1.82, 2.24) is 9.55 Å². The maximum Gasteiger partial charge on any atom is 0.262 e. The summed E-state index contributed by atoms with van der Waals surface area (Å²) in [5, 5.41) is 0.467. The highest BCUT2D eigenvalue weighted by Gasteiger charge is 2.08. The molecule has 0 saturated heterocycles. The molecule has 2 rings (SSSR count). The Labute approximate surface area is 96.5 Å². The van der Waals surface area contributed by atoms with Crippen LogP contribution in [0.5, 0.6) is 0 Å². The zero-order valence-electron chi connectivity index (χ0n) is 9.00. The third kappa shape index (κ3) is 1.48. The van der Waals surface area contributed by atoms with Gasteiger partial charge < -0.3 is 4.98 Å². The third-order valence-corrected chi connectivity index (χ3v) is 2.99. The number of aromatic nitrogens is 2. The van der Waals surface area contributed by atoms with Crippen molar-refractivity contribution in [3.05, 3.63) is 38.6 Å². The number of halogens is 1. The number of benzene rings is 1. The van der Waals surface area contributed by atoms with Gasteiger partial charge in [-0.3, -0.25) is 9.36 Å². The van der Waals surface area contributed by atoms with E-state index >= 15 is 0 Å². The van der Waals surface area contributed by atoms with E-state index < -0.39 is 0 Å². The number of aryl methyl sites for hydroxylation is 1. The molecule has 0 atom stereocenters. The smallest absolute Gasteiger partial charge is 0.262 e. The molecule has 2 aromatic rings. The number of hydrogen-bond donors (Lipinski definition) is 1. The van der Waals surface area contributed by atoms with Crippen molar-refractivity contribution in [2.24, 2.45) is 0 Å². The second-order valence-electron chi connectivity index (χ2n) is 3.57. The van der Waals surface area contributed by atoms with Crippen molar-refractivity contribution in [2.75, 3.05) is 0 Å². The van der Waals surface area contributed by atoms with E-state index in [0.717, 1.165) is 0 Å². The third-order valence-electron chi connectivity index (χ3n) is 2.67. The molecule has 0 aliphatic heterocycles. The highest BCUT2D eigenvalue weighted by molar-refractivity contribution is 7.71. The zero-order valence-corrected chi connectivity index (χ0v) is 9.82. The van der Waals surface area contributed by atoms with E-state index in [-0.39, 0.29) is 11.4 Å². The van der Waals surface area contributed by atoms with Gasteiger partial charge in [0.2, 0.25) is 0 Å². The van der Waals surface area contributed by atoms with Crippen molar-refractivity contribution >= 4 is 23.1 Å². The van der Waals surface area contributed by atoms with Crippen LogP contribution in [-0.2, 0) is 6.54 Å².